The maximum absolute atomic E-state index is 12.3. The summed E-state index contributed by atoms with van der Waals surface area (Å²) in [4.78, 5) is 14.3. The van der Waals surface area contributed by atoms with Gasteiger partial charge in [0.2, 0.25) is 5.91 Å². The molecular formula is C14H18N2O2S. The van der Waals surface area contributed by atoms with E-state index in [-0.39, 0.29) is 5.91 Å². The van der Waals surface area contributed by atoms with E-state index in [0.717, 1.165) is 24.2 Å². The summed E-state index contributed by atoms with van der Waals surface area (Å²) < 4.78 is 5.10. The Kier molecular flexibility index (Phi) is 3.75. The van der Waals surface area contributed by atoms with Crippen molar-refractivity contribution in [1.29, 1.82) is 0 Å². The molecule has 0 aliphatic heterocycles. The van der Waals surface area contributed by atoms with Gasteiger partial charge in [-0.25, -0.2) is 0 Å². The van der Waals surface area contributed by atoms with Gasteiger partial charge in [0.1, 0.15) is 5.75 Å². The molecule has 1 aliphatic rings. The molecule has 1 aliphatic carbocycles. The van der Waals surface area contributed by atoms with Crippen LogP contribution in [0.3, 0.4) is 0 Å². The summed E-state index contributed by atoms with van der Waals surface area (Å²) in [6.45, 7) is 0.549. The first-order valence-corrected chi connectivity index (χ1v) is 6.59. The number of amides is 1. The quantitative estimate of drug-likeness (QED) is 0.833. The topological polar surface area (TPSA) is 55.6 Å². The molecule has 0 atom stereocenters. The first-order valence-electron chi connectivity index (χ1n) is 6.18. The van der Waals surface area contributed by atoms with Crippen LogP contribution in [0.25, 0.3) is 0 Å². The Morgan fingerprint density at radius 1 is 1.42 bits per heavy atom. The highest BCUT2D eigenvalue weighted by atomic mass is 32.1. The van der Waals surface area contributed by atoms with Gasteiger partial charge in [-0.3, -0.25) is 4.79 Å². The zero-order valence-electron chi connectivity index (χ0n) is 11.2. The Balaban J connectivity index is 2.02. The van der Waals surface area contributed by atoms with Crippen molar-refractivity contribution in [2.24, 2.45) is 11.1 Å². The number of benzene rings is 1. The van der Waals surface area contributed by atoms with Gasteiger partial charge in [0.15, 0.2) is 0 Å². The van der Waals surface area contributed by atoms with Crippen LogP contribution in [0, 0.1) is 5.41 Å². The summed E-state index contributed by atoms with van der Waals surface area (Å²) in [7, 11) is 3.41. The average Bonchev–Trinajstić information content (AvgIpc) is 3.20. The number of nitrogens with zero attached hydrogens (tertiary/aromatic N) is 1. The highest BCUT2D eigenvalue weighted by Gasteiger charge is 2.53. The lowest BCUT2D eigenvalue weighted by molar-refractivity contribution is -0.133. The summed E-state index contributed by atoms with van der Waals surface area (Å²) in [5, 5.41) is 0. The second-order valence-electron chi connectivity index (χ2n) is 4.96. The molecule has 1 aromatic carbocycles. The van der Waals surface area contributed by atoms with E-state index in [9.17, 15) is 4.79 Å². The van der Waals surface area contributed by atoms with E-state index >= 15 is 0 Å². The molecule has 5 heteroatoms. The van der Waals surface area contributed by atoms with Crippen LogP contribution in [0.2, 0.25) is 0 Å². The van der Waals surface area contributed by atoms with Crippen LogP contribution in [-0.4, -0.2) is 30.0 Å². The molecule has 1 fully saturated rings. The van der Waals surface area contributed by atoms with Crippen molar-refractivity contribution in [3.63, 3.8) is 0 Å². The lowest BCUT2D eigenvalue weighted by Crippen LogP contribution is -2.40. The molecule has 102 valence electrons. The smallest absolute Gasteiger partial charge is 0.235 e. The minimum Gasteiger partial charge on any atom is -0.497 e. The van der Waals surface area contributed by atoms with E-state index in [4.69, 9.17) is 22.7 Å². The molecule has 0 bridgehead atoms. The van der Waals surface area contributed by atoms with E-state index in [1.165, 1.54) is 0 Å². The third-order valence-electron chi connectivity index (χ3n) is 3.56. The first kappa shape index (κ1) is 13.8. The summed E-state index contributed by atoms with van der Waals surface area (Å²) >= 11 is 5.00. The monoisotopic (exact) mass is 278 g/mol. The number of carbonyl (C=O) groups excluding carboxylic acids is 1. The normalized spacial score (nSPS) is 15.7. The molecule has 4 nitrogen and oxygen atoms in total. The largest absolute Gasteiger partial charge is 0.497 e. The third kappa shape index (κ3) is 2.71. The Morgan fingerprint density at radius 2 is 2.00 bits per heavy atom. The number of ether oxygens (including phenoxy) is 1. The fourth-order valence-corrected chi connectivity index (χ4v) is 2.42. The van der Waals surface area contributed by atoms with Crippen LogP contribution < -0.4 is 10.5 Å². The summed E-state index contributed by atoms with van der Waals surface area (Å²) in [6.07, 6.45) is 1.54. The number of rotatable bonds is 5. The zero-order chi connectivity index (χ0) is 14.0. The van der Waals surface area contributed by atoms with Gasteiger partial charge in [0.05, 0.1) is 17.5 Å². The summed E-state index contributed by atoms with van der Waals surface area (Å²) in [5.74, 6) is 0.829. The second kappa shape index (κ2) is 5.17. The fraction of sp³-hybridized carbons (Fsp3) is 0.429. The highest BCUT2D eigenvalue weighted by Crippen LogP contribution is 2.47. The van der Waals surface area contributed by atoms with Crippen LogP contribution in [0.15, 0.2) is 24.3 Å². The van der Waals surface area contributed by atoms with Gasteiger partial charge >= 0.3 is 0 Å². The van der Waals surface area contributed by atoms with Crippen LogP contribution >= 0.6 is 12.2 Å². The van der Waals surface area contributed by atoms with E-state index in [1.54, 1.807) is 19.1 Å². The zero-order valence-corrected chi connectivity index (χ0v) is 12.0. The van der Waals surface area contributed by atoms with Crippen LogP contribution in [0.5, 0.6) is 5.75 Å². The van der Waals surface area contributed by atoms with Crippen molar-refractivity contribution in [1.82, 2.24) is 4.90 Å². The van der Waals surface area contributed by atoms with Crippen LogP contribution in [0.4, 0.5) is 0 Å². The van der Waals surface area contributed by atoms with E-state index in [0.29, 0.717) is 11.5 Å². The molecule has 0 unspecified atom stereocenters. The molecule has 1 amide bonds. The Bertz CT molecular complexity index is 495. The molecule has 0 heterocycles. The van der Waals surface area contributed by atoms with Gasteiger partial charge in [0.25, 0.3) is 0 Å². The van der Waals surface area contributed by atoms with Crippen LogP contribution in [-0.2, 0) is 11.3 Å². The number of nitrogens with two attached hydrogens (primary N) is 1. The summed E-state index contributed by atoms with van der Waals surface area (Å²) in [6, 6.07) is 7.66. The van der Waals surface area contributed by atoms with Gasteiger partial charge in [0, 0.05) is 13.6 Å². The van der Waals surface area contributed by atoms with Crippen molar-refractivity contribution >= 4 is 23.1 Å². The highest BCUT2D eigenvalue weighted by molar-refractivity contribution is 7.80. The van der Waals surface area contributed by atoms with Crippen molar-refractivity contribution in [2.45, 2.75) is 19.4 Å². The maximum atomic E-state index is 12.3. The SMILES string of the molecule is COc1ccc(CN(C)C(=O)C2(C(N)=S)CC2)cc1. The van der Waals surface area contributed by atoms with Crippen molar-refractivity contribution in [3.05, 3.63) is 29.8 Å². The molecule has 19 heavy (non-hydrogen) atoms. The molecular weight excluding hydrogens is 260 g/mol. The van der Waals surface area contributed by atoms with Gasteiger partial charge < -0.3 is 15.4 Å². The average molecular weight is 278 g/mol. The first-order chi connectivity index (χ1) is 8.99. The Morgan fingerprint density at radius 3 is 2.42 bits per heavy atom. The molecule has 0 radical (unpaired) electrons. The second-order valence-corrected chi connectivity index (χ2v) is 5.40. The van der Waals surface area contributed by atoms with E-state index in [1.807, 2.05) is 24.3 Å². The predicted molar refractivity (Wildman–Crippen MR) is 77.9 cm³/mol. The van der Waals surface area contributed by atoms with Crippen molar-refractivity contribution < 1.29 is 9.53 Å². The number of carbonyl (C=O) groups is 1. The number of hydrogen-bond donors (Lipinski definition) is 1. The molecule has 0 aromatic heterocycles. The Labute approximate surface area is 118 Å². The van der Waals surface area contributed by atoms with Crippen molar-refractivity contribution in [3.8, 4) is 5.75 Å². The van der Waals surface area contributed by atoms with Gasteiger partial charge in [-0.1, -0.05) is 24.4 Å². The minimum atomic E-state index is -0.573. The standard InChI is InChI=1S/C14H18N2O2S/c1-16(13(17)14(7-8-14)12(15)19)9-10-3-5-11(18-2)6-4-10/h3-6H,7-9H2,1-2H3,(H2,15,19). The van der Waals surface area contributed by atoms with E-state index in [2.05, 4.69) is 0 Å². The predicted octanol–water partition coefficient (Wildman–Crippen LogP) is 1.72. The fourth-order valence-electron chi connectivity index (χ4n) is 2.13. The molecule has 1 aromatic rings. The maximum Gasteiger partial charge on any atom is 0.235 e. The van der Waals surface area contributed by atoms with Gasteiger partial charge in [-0.2, -0.15) is 0 Å². The lowest BCUT2D eigenvalue weighted by atomic mass is 10.1. The minimum absolute atomic E-state index is 0.0239. The van der Waals surface area contributed by atoms with Gasteiger partial charge in [-0.15, -0.1) is 0 Å². The van der Waals surface area contributed by atoms with Crippen LogP contribution in [0.1, 0.15) is 18.4 Å². The Hall–Kier alpha value is -1.62. The number of methoxy groups -OCH3 is 1. The molecule has 1 saturated carbocycles. The third-order valence-corrected chi connectivity index (χ3v) is 3.95. The van der Waals surface area contributed by atoms with Gasteiger partial charge in [-0.05, 0) is 30.5 Å². The number of hydrogen-bond acceptors (Lipinski definition) is 3. The van der Waals surface area contributed by atoms with Crippen molar-refractivity contribution in [2.75, 3.05) is 14.2 Å². The molecule has 2 N–H and O–H groups in total. The molecule has 0 spiro atoms. The lowest BCUT2D eigenvalue weighted by Gasteiger charge is -2.23. The molecule has 2 rings (SSSR count). The molecule has 0 saturated heterocycles. The summed E-state index contributed by atoms with van der Waals surface area (Å²) in [5.41, 5.74) is 6.15. The number of thiocarbonyl (C=S) groups is 1. The van der Waals surface area contributed by atoms with E-state index < -0.39 is 5.41 Å².